The van der Waals surface area contributed by atoms with Gasteiger partial charge in [0.25, 0.3) is 6.01 Å². The Balaban J connectivity index is 0.00000113. The molecule has 1 atom stereocenters. The lowest BCUT2D eigenvalue weighted by Crippen LogP contribution is -2.44. The van der Waals surface area contributed by atoms with Crippen molar-refractivity contribution in [1.29, 1.82) is 0 Å². The molecule has 2 aliphatic heterocycles. The second-order valence-corrected chi connectivity index (χ2v) is 6.42. The molecule has 1 unspecified atom stereocenters. The van der Waals surface area contributed by atoms with E-state index in [1.54, 1.807) is 0 Å². The largest absolute Gasteiger partial charge is 0.423 e. The third-order valence-electron chi connectivity index (χ3n) is 4.83. The maximum atomic E-state index is 12.3. The summed E-state index contributed by atoms with van der Waals surface area (Å²) in [6.45, 7) is 3.52. The highest BCUT2D eigenvalue weighted by Crippen LogP contribution is 2.26. The summed E-state index contributed by atoms with van der Waals surface area (Å²) >= 11 is 0. The number of rotatable bonds is 3. The van der Waals surface area contributed by atoms with E-state index >= 15 is 0 Å². The third-order valence-corrected chi connectivity index (χ3v) is 4.83. The number of oxazole rings is 1. The van der Waals surface area contributed by atoms with E-state index in [2.05, 4.69) is 20.5 Å². The van der Waals surface area contributed by atoms with E-state index in [0.29, 0.717) is 12.1 Å². The average Bonchev–Trinajstić information content (AvgIpc) is 3.24. The first-order valence-corrected chi connectivity index (χ1v) is 8.41. The highest BCUT2D eigenvalue weighted by atomic mass is 35.5. The second-order valence-electron chi connectivity index (χ2n) is 6.42. The van der Waals surface area contributed by atoms with Crippen LogP contribution in [0.1, 0.15) is 19.3 Å². The lowest BCUT2D eigenvalue weighted by atomic mass is 9.96. The molecule has 138 valence electrons. The molecule has 2 aromatic rings. The summed E-state index contributed by atoms with van der Waals surface area (Å²) in [6, 6.07) is 8.77. The van der Waals surface area contributed by atoms with E-state index in [1.165, 1.54) is 0 Å². The van der Waals surface area contributed by atoms with Crippen molar-refractivity contribution in [3.8, 4) is 0 Å². The lowest BCUT2D eigenvalue weighted by Gasteiger charge is -2.30. The zero-order valence-electron chi connectivity index (χ0n) is 13.9. The number of halogens is 2. The Bertz CT molecular complexity index is 662. The van der Waals surface area contributed by atoms with Gasteiger partial charge in [-0.25, -0.2) is 0 Å². The Morgan fingerprint density at radius 2 is 1.96 bits per heavy atom. The van der Waals surface area contributed by atoms with Crippen LogP contribution in [0.15, 0.2) is 28.7 Å². The molecule has 2 aliphatic rings. The minimum absolute atomic E-state index is 0. The number of anilines is 1. The van der Waals surface area contributed by atoms with E-state index in [4.69, 9.17) is 4.42 Å². The smallest absolute Gasteiger partial charge is 0.298 e. The fraction of sp³-hybridized carbons (Fsp3) is 0.529. The number of carbonyl (C=O) groups excluding carboxylic acids is 1. The van der Waals surface area contributed by atoms with Crippen molar-refractivity contribution in [3.63, 3.8) is 0 Å². The highest BCUT2D eigenvalue weighted by molar-refractivity contribution is 5.85. The van der Waals surface area contributed by atoms with Crippen molar-refractivity contribution >= 4 is 47.8 Å². The molecular formula is C17H24Cl2N4O2. The van der Waals surface area contributed by atoms with Gasteiger partial charge in [0.1, 0.15) is 5.52 Å². The predicted molar refractivity (Wildman–Crippen MR) is 103 cm³/mol. The molecule has 3 heterocycles. The minimum atomic E-state index is 0. The summed E-state index contributed by atoms with van der Waals surface area (Å²) in [7, 11) is 0. The first-order chi connectivity index (χ1) is 11.3. The zero-order chi connectivity index (χ0) is 15.6. The maximum Gasteiger partial charge on any atom is 0.298 e. The summed E-state index contributed by atoms with van der Waals surface area (Å²) in [6.07, 6.45) is 2.74. The van der Waals surface area contributed by atoms with Gasteiger partial charge in [-0.05, 0) is 37.9 Å². The van der Waals surface area contributed by atoms with E-state index < -0.39 is 0 Å². The number of hydrogen-bond acceptors (Lipinski definition) is 5. The summed E-state index contributed by atoms with van der Waals surface area (Å²) in [5.74, 6) is 0.312. The van der Waals surface area contributed by atoms with Crippen LogP contribution in [-0.2, 0) is 4.79 Å². The van der Waals surface area contributed by atoms with Gasteiger partial charge in [0, 0.05) is 31.6 Å². The number of nitrogens with zero attached hydrogens (tertiary/aromatic N) is 2. The highest BCUT2D eigenvalue weighted by Gasteiger charge is 2.28. The number of fused-ring (bicyclic) bond motifs is 1. The predicted octanol–water partition coefficient (Wildman–Crippen LogP) is 2.37. The lowest BCUT2D eigenvalue weighted by molar-refractivity contribution is -0.126. The molecule has 4 rings (SSSR count). The van der Waals surface area contributed by atoms with E-state index in [1.807, 2.05) is 24.3 Å². The molecule has 0 saturated carbocycles. The molecule has 1 aromatic heterocycles. The number of hydrogen-bond donors (Lipinski definition) is 2. The van der Waals surface area contributed by atoms with Crippen molar-refractivity contribution in [2.75, 3.05) is 31.1 Å². The van der Waals surface area contributed by atoms with Crippen molar-refractivity contribution < 1.29 is 9.21 Å². The molecule has 2 N–H and O–H groups in total. The van der Waals surface area contributed by atoms with E-state index in [-0.39, 0.29) is 36.6 Å². The van der Waals surface area contributed by atoms with Gasteiger partial charge in [0.15, 0.2) is 5.58 Å². The van der Waals surface area contributed by atoms with Crippen LogP contribution in [-0.4, -0.2) is 43.1 Å². The molecule has 0 bridgehead atoms. The molecular weight excluding hydrogens is 363 g/mol. The van der Waals surface area contributed by atoms with E-state index in [0.717, 1.165) is 56.5 Å². The van der Waals surface area contributed by atoms with Crippen LogP contribution in [0.4, 0.5) is 6.01 Å². The van der Waals surface area contributed by atoms with Crippen molar-refractivity contribution in [3.05, 3.63) is 24.3 Å². The maximum absolute atomic E-state index is 12.3. The van der Waals surface area contributed by atoms with Gasteiger partial charge in [0.2, 0.25) is 5.91 Å². The summed E-state index contributed by atoms with van der Waals surface area (Å²) in [4.78, 5) is 19.0. The third kappa shape index (κ3) is 4.37. The molecule has 8 heteroatoms. The SMILES string of the molecule is Cl.Cl.O=C(NC1CCNC1)C1CCN(c2nc3ccccc3o2)CC1. The molecule has 6 nitrogen and oxygen atoms in total. The Kier molecular flexibility index (Phi) is 6.93. The first-order valence-electron chi connectivity index (χ1n) is 8.41. The van der Waals surface area contributed by atoms with Gasteiger partial charge < -0.3 is 20.0 Å². The van der Waals surface area contributed by atoms with Gasteiger partial charge in [0.05, 0.1) is 0 Å². The van der Waals surface area contributed by atoms with Crippen LogP contribution in [0.3, 0.4) is 0 Å². The van der Waals surface area contributed by atoms with Gasteiger partial charge >= 0.3 is 0 Å². The Labute approximate surface area is 159 Å². The quantitative estimate of drug-likeness (QED) is 0.846. The van der Waals surface area contributed by atoms with Gasteiger partial charge in [-0.3, -0.25) is 4.79 Å². The fourth-order valence-corrected chi connectivity index (χ4v) is 3.43. The van der Waals surface area contributed by atoms with Gasteiger partial charge in [-0.1, -0.05) is 12.1 Å². The van der Waals surface area contributed by atoms with Crippen molar-refractivity contribution in [1.82, 2.24) is 15.6 Å². The molecule has 2 fully saturated rings. The van der Waals surface area contributed by atoms with Crippen molar-refractivity contribution in [2.24, 2.45) is 5.92 Å². The topological polar surface area (TPSA) is 70.4 Å². The Morgan fingerprint density at radius 1 is 1.20 bits per heavy atom. The summed E-state index contributed by atoms with van der Waals surface area (Å²) < 4.78 is 5.82. The normalized spacial score (nSPS) is 20.8. The van der Waals surface area contributed by atoms with Gasteiger partial charge in [-0.15, -0.1) is 24.8 Å². The number of amides is 1. The first kappa shape index (κ1) is 19.8. The van der Waals surface area contributed by atoms with E-state index in [9.17, 15) is 4.79 Å². The average molecular weight is 387 g/mol. The number of carbonyl (C=O) groups is 1. The van der Waals surface area contributed by atoms with Crippen molar-refractivity contribution in [2.45, 2.75) is 25.3 Å². The molecule has 0 radical (unpaired) electrons. The number of aromatic nitrogens is 1. The van der Waals surface area contributed by atoms with Gasteiger partial charge in [-0.2, -0.15) is 4.98 Å². The minimum Gasteiger partial charge on any atom is -0.423 e. The standard InChI is InChI=1S/C17H22N4O2.2ClH/c22-16(19-13-5-8-18-11-13)12-6-9-21(10-7-12)17-20-14-3-1-2-4-15(14)23-17;;/h1-4,12-13,18H,5-11H2,(H,19,22);2*1H. The summed E-state index contributed by atoms with van der Waals surface area (Å²) in [5, 5.41) is 6.44. The summed E-state index contributed by atoms with van der Waals surface area (Å²) in [5.41, 5.74) is 1.70. The number of para-hydroxylation sites is 2. The number of nitrogens with one attached hydrogen (secondary N) is 2. The zero-order valence-corrected chi connectivity index (χ0v) is 15.6. The fourth-order valence-electron chi connectivity index (χ4n) is 3.43. The second kappa shape index (κ2) is 8.74. The van der Waals surface area contributed by atoms with Crippen LogP contribution >= 0.6 is 24.8 Å². The Hall–Kier alpha value is -1.50. The molecule has 2 saturated heterocycles. The number of piperidine rings is 1. The van der Waals surface area contributed by atoms with Crippen LogP contribution in [0.25, 0.3) is 11.1 Å². The monoisotopic (exact) mass is 386 g/mol. The molecule has 0 aliphatic carbocycles. The van der Waals surface area contributed by atoms with Crippen LogP contribution in [0.5, 0.6) is 0 Å². The molecule has 0 spiro atoms. The molecule has 1 aromatic carbocycles. The van der Waals surface area contributed by atoms with Crippen LogP contribution in [0, 0.1) is 5.92 Å². The molecule has 1 amide bonds. The Morgan fingerprint density at radius 3 is 2.64 bits per heavy atom. The molecule has 25 heavy (non-hydrogen) atoms. The number of benzene rings is 1. The van der Waals surface area contributed by atoms with Crippen LogP contribution in [0.2, 0.25) is 0 Å². The van der Waals surface area contributed by atoms with Crippen LogP contribution < -0.4 is 15.5 Å².